The van der Waals surface area contributed by atoms with E-state index in [1.165, 1.54) is 0 Å². The highest BCUT2D eigenvalue weighted by Crippen LogP contribution is 2.29. The number of ether oxygens (including phenoxy) is 2. The summed E-state index contributed by atoms with van der Waals surface area (Å²) in [6.45, 7) is 9.40. The van der Waals surface area contributed by atoms with Gasteiger partial charge < -0.3 is 14.8 Å². The minimum absolute atomic E-state index is 0.00354. The van der Waals surface area contributed by atoms with Crippen LogP contribution in [0.4, 0.5) is 5.69 Å². The normalized spacial score (nSPS) is 11.3. The molecule has 0 saturated carbocycles. The number of methoxy groups -OCH3 is 1. The van der Waals surface area contributed by atoms with E-state index in [0.717, 1.165) is 26.6 Å². The van der Waals surface area contributed by atoms with Crippen LogP contribution in [-0.2, 0) is 21.4 Å². The summed E-state index contributed by atoms with van der Waals surface area (Å²) in [5.74, 6) is 0.758. The Balaban J connectivity index is 1.84. The Morgan fingerprint density at radius 3 is 2.11 bits per heavy atom. The maximum atomic E-state index is 13.6. The number of hydrogen-bond acceptors (Lipinski definition) is 5. The lowest BCUT2D eigenvalue weighted by molar-refractivity contribution is -0.119. The van der Waals surface area contributed by atoms with Crippen molar-refractivity contribution in [1.29, 1.82) is 0 Å². The van der Waals surface area contributed by atoms with Crippen LogP contribution in [0.15, 0.2) is 65.6 Å². The lowest BCUT2D eigenvalue weighted by Crippen LogP contribution is -2.40. The van der Waals surface area contributed by atoms with E-state index in [1.54, 1.807) is 55.6 Å². The van der Waals surface area contributed by atoms with Crippen LogP contribution in [0.5, 0.6) is 11.5 Å². The van der Waals surface area contributed by atoms with Crippen molar-refractivity contribution in [3.8, 4) is 11.5 Å². The average molecular weight is 511 g/mol. The van der Waals surface area contributed by atoms with Gasteiger partial charge in [-0.15, -0.1) is 0 Å². The first kappa shape index (κ1) is 27.1. The quantitative estimate of drug-likeness (QED) is 0.419. The van der Waals surface area contributed by atoms with Gasteiger partial charge in [0.05, 0.1) is 23.8 Å². The molecule has 3 rings (SSSR count). The van der Waals surface area contributed by atoms with E-state index in [4.69, 9.17) is 9.47 Å². The highest BCUT2D eigenvalue weighted by molar-refractivity contribution is 7.92. The highest BCUT2D eigenvalue weighted by Gasteiger charge is 2.27. The Kier molecular flexibility index (Phi) is 8.63. The number of amides is 1. The third-order valence-corrected chi connectivity index (χ3v) is 7.26. The molecule has 0 unspecified atom stereocenters. The van der Waals surface area contributed by atoms with Crippen molar-refractivity contribution < 1.29 is 22.7 Å². The fraction of sp³-hybridized carbons (Fsp3) is 0.321. The van der Waals surface area contributed by atoms with Crippen molar-refractivity contribution in [2.45, 2.75) is 52.2 Å². The summed E-state index contributed by atoms with van der Waals surface area (Å²) in [7, 11) is -2.42. The molecule has 0 atom stereocenters. The number of anilines is 1. The van der Waals surface area contributed by atoms with Gasteiger partial charge in [-0.3, -0.25) is 9.10 Å². The second kappa shape index (κ2) is 11.5. The van der Waals surface area contributed by atoms with E-state index in [0.29, 0.717) is 17.2 Å². The van der Waals surface area contributed by atoms with E-state index in [1.807, 2.05) is 46.8 Å². The SMILES string of the molecule is COc1cc(CNC(=O)CN(c2cc(C)cc(C)c2)S(=O)(=O)c2ccc(C)cc2)ccc1OC(C)C. The zero-order valence-corrected chi connectivity index (χ0v) is 22.5. The van der Waals surface area contributed by atoms with E-state index in [-0.39, 0.29) is 24.1 Å². The monoisotopic (exact) mass is 510 g/mol. The van der Waals surface area contributed by atoms with Gasteiger partial charge in [0.25, 0.3) is 10.0 Å². The molecule has 0 saturated heterocycles. The molecular formula is C28H34N2O5S. The molecule has 0 aliphatic carbocycles. The van der Waals surface area contributed by atoms with Gasteiger partial charge in [-0.1, -0.05) is 29.8 Å². The minimum atomic E-state index is -3.97. The maximum Gasteiger partial charge on any atom is 0.264 e. The van der Waals surface area contributed by atoms with Crippen LogP contribution < -0.4 is 19.1 Å². The molecule has 7 nitrogen and oxygen atoms in total. The van der Waals surface area contributed by atoms with Gasteiger partial charge >= 0.3 is 0 Å². The molecule has 0 spiro atoms. The molecule has 36 heavy (non-hydrogen) atoms. The predicted octanol–water partition coefficient (Wildman–Crippen LogP) is 4.92. The average Bonchev–Trinajstić information content (AvgIpc) is 2.81. The Bertz CT molecular complexity index is 1300. The van der Waals surface area contributed by atoms with Gasteiger partial charge in [-0.2, -0.15) is 0 Å². The van der Waals surface area contributed by atoms with Crippen molar-refractivity contribution in [2.24, 2.45) is 0 Å². The van der Waals surface area contributed by atoms with Crippen LogP contribution >= 0.6 is 0 Å². The first-order valence-electron chi connectivity index (χ1n) is 11.8. The van der Waals surface area contributed by atoms with Gasteiger partial charge in [0, 0.05) is 6.54 Å². The molecule has 0 aromatic heterocycles. The third-order valence-electron chi connectivity index (χ3n) is 5.47. The zero-order valence-electron chi connectivity index (χ0n) is 21.7. The number of carbonyl (C=O) groups excluding carboxylic acids is 1. The molecule has 0 aliphatic rings. The Morgan fingerprint density at radius 1 is 0.889 bits per heavy atom. The summed E-state index contributed by atoms with van der Waals surface area (Å²) in [5.41, 5.74) is 4.01. The topological polar surface area (TPSA) is 84.9 Å². The van der Waals surface area contributed by atoms with Gasteiger partial charge in [-0.25, -0.2) is 8.42 Å². The largest absolute Gasteiger partial charge is 0.493 e. The van der Waals surface area contributed by atoms with Gasteiger partial charge in [0.15, 0.2) is 11.5 Å². The molecule has 1 amide bonds. The molecule has 3 aromatic carbocycles. The summed E-state index contributed by atoms with van der Waals surface area (Å²) >= 11 is 0. The zero-order chi connectivity index (χ0) is 26.5. The van der Waals surface area contributed by atoms with Crippen LogP contribution in [0.25, 0.3) is 0 Å². The molecule has 0 bridgehead atoms. The second-order valence-electron chi connectivity index (χ2n) is 9.10. The summed E-state index contributed by atoms with van der Waals surface area (Å²) in [6, 6.07) is 17.5. The lowest BCUT2D eigenvalue weighted by atomic mass is 10.1. The second-order valence-corrected chi connectivity index (χ2v) is 11.0. The third kappa shape index (κ3) is 6.79. The van der Waals surface area contributed by atoms with Crippen LogP contribution in [0.1, 0.15) is 36.1 Å². The molecule has 0 aliphatic heterocycles. The Hall–Kier alpha value is -3.52. The predicted molar refractivity (Wildman–Crippen MR) is 142 cm³/mol. The van der Waals surface area contributed by atoms with Crippen molar-refractivity contribution in [1.82, 2.24) is 5.32 Å². The van der Waals surface area contributed by atoms with Crippen molar-refractivity contribution in [2.75, 3.05) is 18.0 Å². The number of carbonyl (C=O) groups is 1. The number of hydrogen-bond donors (Lipinski definition) is 1. The van der Waals surface area contributed by atoms with E-state index in [9.17, 15) is 13.2 Å². The first-order chi connectivity index (χ1) is 17.0. The summed E-state index contributed by atoms with van der Waals surface area (Å²) in [6.07, 6.45) is -0.00354. The van der Waals surface area contributed by atoms with E-state index < -0.39 is 15.9 Å². The summed E-state index contributed by atoms with van der Waals surface area (Å²) in [5, 5.41) is 2.83. The van der Waals surface area contributed by atoms with Crippen LogP contribution in [0.3, 0.4) is 0 Å². The molecule has 8 heteroatoms. The van der Waals surface area contributed by atoms with E-state index >= 15 is 0 Å². The molecule has 3 aromatic rings. The fourth-order valence-electron chi connectivity index (χ4n) is 3.81. The summed E-state index contributed by atoms with van der Waals surface area (Å²) < 4.78 is 39.5. The minimum Gasteiger partial charge on any atom is -0.493 e. The van der Waals surface area contributed by atoms with Gasteiger partial charge in [0.1, 0.15) is 6.54 Å². The number of benzene rings is 3. The van der Waals surface area contributed by atoms with Crippen LogP contribution in [0.2, 0.25) is 0 Å². The highest BCUT2D eigenvalue weighted by atomic mass is 32.2. The Morgan fingerprint density at radius 2 is 1.53 bits per heavy atom. The van der Waals surface area contributed by atoms with E-state index in [2.05, 4.69) is 5.32 Å². The van der Waals surface area contributed by atoms with Crippen molar-refractivity contribution in [3.63, 3.8) is 0 Å². The number of rotatable bonds is 10. The smallest absolute Gasteiger partial charge is 0.264 e. The van der Waals surface area contributed by atoms with Gasteiger partial charge in [-0.05, 0) is 87.7 Å². The summed E-state index contributed by atoms with van der Waals surface area (Å²) in [4.78, 5) is 13.1. The fourth-order valence-corrected chi connectivity index (χ4v) is 5.21. The van der Waals surface area contributed by atoms with Crippen LogP contribution in [-0.4, -0.2) is 34.1 Å². The number of nitrogens with one attached hydrogen (secondary N) is 1. The number of aryl methyl sites for hydroxylation is 3. The van der Waals surface area contributed by atoms with Crippen LogP contribution in [0, 0.1) is 20.8 Å². The standard InChI is InChI=1S/C28H34N2O5S/c1-19(2)35-26-12-9-23(16-27(26)34-6)17-29-28(31)18-30(24-14-21(4)13-22(5)15-24)36(32,33)25-10-7-20(3)8-11-25/h7-16,19H,17-18H2,1-6H3,(H,29,31). The molecule has 0 radical (unpaired) electrons. The molecule has 192 valence electrons. The Labute approximate surface area is 214 Å². The number of sulfonamides is 1. The molecular weight excluding hydrogens is 476 g/mol. The first-order valence-corrected chi connectivity index (χ1v) is 13.2. The van der Waals surface area contributed by atoms with Gasteiger partial charge in [0.2, 0.25) is 5.91 Å². The maximum absolute atomic E-state index is 13.6. The molecule has 0 fully saturated rings. The molecule has 0 heterocycles. The van der Waals surface area contributed by atoms with Crippen molar-refractivity contribution in [3.05, 3.63) is 82.9 Å². The van der Waals surface area contributed by atoms with Crippen molar-refractivity contribution >= 4 is 21.6 Å². The lowest BCUT2D eigenvalue weighted by Gasteiger charge is -2.25. The number of nitrogens with zero attached hydrogens (tertiary/aromatic N) is 1. The molecule has 1 N–H and O–H groups in total.